The third-order valence-corrected chi connectivity index (χ3v) is 3.60. The monoisotopic (exact) mass is 345 g/mol. The molecule has 1 amide bonds. The second kappa shape index (κ2) is 8.41. The first-order valence-corrected chi connectivity index (χ1v) is 7.91. The number of rotatable bonds is 6. The molecule has 4 nitrogen and oxygen atoms in total. The van der Waals surface area contributed by atoms with Crippen LogP contribution in [0.4, 0.5) is 5.69 Å². The molecule has 5 heteroatoms. The van der Waals surface area contributed by atoms with Gasteiger partial charge in [-0.15, -0.1) is 0 Å². The van der Waals surface area contributed by atoms with Crippen molar-refractivity contribution < 1.29 is 14.3 Å². The van der Waals surface area contributed by atoms with Gasteiger partial charge in [0.25, 0.3) is 5.91 Å². The van der Waals surface area contributed by atoms with Crippen LogP contribution in [0.3, 0.4) is 0 Å². The fourth-order valence-corrected chi connectivity index (χ4v) is 2.42. The third kappa shape index (κ3) is 4.77. The molecule has 1 N–H and O–H groups in total. The molecule has 0 unspecified atom stereocenters. The van der Waals surface area contributed by atoms with Crippen molar-refractivity contribution in [3.05, 3.63) is 58.6 Å². The molecule has 2 rings (SSSR count). The summed E-state index contributed by atoms with van der Waals surface area (Å²) in [5.41, 5.74) is 2.61. The molecule has 0 atom stereocenters. The average molecular weight is 346 g/mol. The first kappa shape index (κ1) is 17.9. The van der Waals surface area contributed by atoms with Crippen molar-refractivity contribution in [2.24, 2.45) is 0 Å². The van der Waals surface area contributed by atoms with Gasteiger partial charge in [0.2, 0.25) is 0 Å². The molecular formula is C19H20ClNO3. The van der Waals surface area contributed by atoms with Gasteiger partial charge in [0, 0.05) is 10.7 Å². The van der Waals surface area contributed by atoms with Gasteiger partial charge in [-0.2, -0.15) is 0 Å². The van der Waals surface area contributed by atoms with Crippen LogP contribution >= 0.6 is 11.6 Å². The quantitative estimate of drug-likeness (QED) is 0.824. The lowest BCUT2D eigenvalue weighted by atomic mass is 10.2. The van der Waals surface area contributed by atoms with E-state index in [2.05, 4.69) is 5.32 Å². The summed E-state index contributed by atoms with van der Waals surface area (Å²) in [6.45, 7) is 3.71. The van der Waals surface area contributed by atoms with E-state index >= 15 is 0 Å². The van der Waals surface area contributed by atoms with Crippen LogP contribution in [0.1, 0.15) is 18.1 Å². The minimum absolute atomic E-state index is 0.110. The molecule has 2 aromatic carbocycles. The van der Waals surface area contributed by atoms with Crippen LogP contribution in [0, 0.1) is 6.92 Å². The van der Waals surface area contributed by atoms with Gasteiger partial charge in [-0.3, -0.25) is 4.79 Å². The zero-order valence-electron chi connectivity index (χ0n) is 13.9. The lowest BCUT2D eigenvalue weighted by molar-refractivity contribution is -0.118. The maximum absolute atomic E-state index is 12.1. The standard InChI is InChI=1S/C19H20ClNO3/c1-4-5-14-6-9-17(18(11-14)23-3)24-12-19(22)21-16-8-7-15(20)10-13(16)2/h4-11H,12H2,1-3H3,(H,21,22)/b5-4+. The SMILES string of the molecule is C/C=C/c1ccc(OCC(=O)Nc2ccc(Cl)cc2C)c(OC)c1. The first-order valence-electron chi connectivity index (χ1n) is 7.53. The maximum Gasteiger partial charge on any atom is 0.262 e. The lowest BCUT2D eigenvalue weighted by Crippen LogP contribution is -2.20. The zero-order chi connectivity index (χ0) is 17.5. The van der Waals surface area contributed by atoms with Crippen LogP contribution in [0.5, 0.6) is 11.5 Å². The first-order chi connectivity index (χ1) is 11.5. The number of carbonyl (C=O) groups excluding carboxylic acids is 1. The van der Waals surface area contributed by atoms with Crippen LogP contribution in [0.25, 0.3) is 6.08 Å². The number of nitrogens with one attached hydrogen (secondary N) is 1. The van der Waals surface area contributed by atoms with Crippen LogP contribution in [0.15, 0.2) is 42.5 Å². The van der Waals surface area contributed by atoms with Crippen molar-refractivity contribution in [3.63, 3.8) is 0 Å². The van der Waals surface area contributed by atoms with E-state index in [0.29, 0.717) is 22.2 Å². The minimum Gasteiger partial charge on any atom is -0.493 e. The molecule has 0 fully saturated rings. The van der Waals surface area contributed by atoms with Gasteiger partial charge >= 0.3 is 0 Å². The van der Waals surface area contributed by atoms with Gasteiger partial charge in [-0.05, 0) is 55.3 Å². The average Bonchev–Trinajstić information content (AvgIpc) is 2.56. The topological polar surface area (TPSA) is 47.6 Å². The maximum atomic E-state index is 12.1. The van der Waals surface area contributed by atoms with E-state index in [0.717, 1.165) is 11.1 Å². The largest absolute Gasteiger partial charge is 0.493 e. The number of amides is 1. The lowest BCUT2D eigenvalue weighted by Gasteiger charge is -2.12. The van der Waals surface area contributed by atoms with Crippen LogP contribution in [-0.4, -0.2) is 19.6 Å². The van der Waals surface area contributed by atoms with E-state index in [1.165, 1.54) is 0 Å². The minimum atomic E-state index is -0.250. The molecule has 24 heavy (non-hydrogen) atoms. The molecule has 0 aliphatic heterocycles. The molecule has 0 spiro atoms. The Kier molecular flexibility index (Phi) is 6.27. The number of anilines is 1. The molecule has 0 bridgehead atoms. The number of benzene rings is 2. The second-order valence-electron chi connectivity index (χ2n) is 5.21. The van der Waals surface area contributed by atoms with Gasteiger partial charge in [-0.25, -0.2) is 0 Å². The van der Waals surface area contributed by atoms with Gasteiger partial charge in [0.05, 0.1) is 7.11 Å². The van der Waals surface area contributed by atoms with E-state index in [9.17, 15) is 4.79 Å². The fourth-order valence-electron chi connectivity index (χ4n) is 2.20. The van der Waals surface area contributed by atoms with E-state index < -0.39 is 0 Å². The van der Waals surface area contributed by atoms with Crippen LogP contribution in [-0.2, 0) is 4.79 Å². The fraction of sp³-hybridized carbons (Fsp3) is 0.211. The van der Waals surface area contributed by atoms with Crippen molar-refractivity contribution >= 4 is 29.3 Å². The molecule has 0 saturated heterocycles. The number of ether oxygens (including phenoxy) is 2. The number of aryl methyl sites for hydroxylation is 1. The number of hydrogen-bond acceptors (Lipinski definition) is 3. The molecule has 0 aliphatic rings. The predicted molar refractivity (Wildman–Crippen MR) is 98.0 cm³/mol. The number of halogens is 1. The Bertz CT molecular complexity index is 756. The highest BCUT2D eigenvalue weighted by molar-refractivity contribution is 6.30. The predicted octanol–water partition coefficient (Wildman–Crippen LogP) is 4.71. The van der Waals surface area contributed by atoms with E-state index in [1.54, 1.807) is 31.4 Å². The van der Waals surface area contributed by atoms with Crippen molar-refractivity contribution in [1.29, 1.82) is 0 Å². The summed E-state index contributed by atoms with van der Waals surface area (Å²) in [6.07, 6.45) is 3.90. The van der Waals surface area contributed by atoms with Crippen molar-refractivity contribution in [2.75, 3.05) is 19.0 Å². The highest BCUT2D eigenvalue weighted by atomic mass is 35.5. The van der Waals surface area contributed by atoms with Crippen molar-refractivity contribution in [1.82, 2.24) is 0 Å². The summed E-state index contributed by atoms with van der Waals surface area (Å²) in [6, 6.07) is 10.8. The molecule has 0 heterocycles. The Morgan fingerprint density at radius 2 is 2.00 bits per heavy atom. The number of hydrogen-bond donors (Lipinski definition) is 1. The summed E-state index contributed by atoms with van der Waals surface area (Å²) in [5, 5.41) is 3.43. The Hall–Kier alpha value is -2.46. The summed E-state index contributed by atoms with van der Waals surface area (Å²) < 4.78 is 10.9. The molecule has 0 aromatic heterocycles. The van der Waals surface area contributed by atoms with Gasteiger partial charge in [0.15, 0.2) is 18.1 Å². The van der Waals surface area contributed by atoms with Crippen LogP contribution in [0.2, 0.25) is 5.02 Å². The van der Waals surface area contributed by atoms with Crippen molar-refractivity contribution in [2.45, 2.75) is 13.8 Å². The molecular weight excluding hydrogens is 326 g/mol. The Balaban J connectivity index is 2.01. The van der Waals surface area contributed by atoms with E-state index in [-0.39, 0.29) is 12.5 Å². The summed E-state index contributed by atoms with van der Waals surface area (Å²) >= 11 is 5.91. The Labute approximate surface area is 147 Å². The Morgan fingerprint density at radius 3 is 2.67 bits per heavy atom. The molecule has 0 radical (unpaired) electrons. The van der Waals surface area contributed by atoms with Crippen molar-refractivity contribution in [3.8, 4) is 11.5 Å². The highest BCUT2D eigenvalue weighted by Gasteiger charge is 2.09. The second-order valence-corrected chi connectivity index (χ2v) is 5.64. The van der Waals surface area contributed by atoms with Gasteiger partial charge in [-0.1, -0.05) is 29.8 Å². The third-order valence-electron chi connectivity index (χ3n) is 3.37. The van der Waals surface area contributed by atoms with Gasteiger partial charge in [0.1, 0.15) is 0 Å². The summed E-state index contributed by atoms with van der Waals surface area (Å²) in [4.78, 5) is 12.1. The number of methoxy groups -OCH3 is 1. The van der Waals surface area contributed by atoms with Crippen LogP contribution < -0.4 is 14.8 Å². The molecule has 126 valence electrons. The summed E-state index contributed by atoms with van der Waals surface area (Å²) in [7, 11) is 1.57. The normalized spacial score (nSPS) is 10.7. The molecule has 0 saturated carbocycles. The number of carbonyl (C=O) groups is 1. The molecule has 0 aliphatic carbocycles. The Morgan fingerprint density at radius 1 is 1.21 bits per heavy atom. The number of allylic oxidation sites excluding steroid dienone is 1. The zero-order valence-corrected chi connectivity index (χ0v) is 14.7. The smallest absolute Gasteiger partial charge is 0.262 e. The van der Waals surface area contributed by atoms with E-state index in [1.807, 2.05) is 38.1 Å². The molecule has 2 aromatic rings. The van der Waals surface area contributed by atoms with E-state index in [4.69, 9.17) is 21.1 Å². The highest BCUT2D eigenvalue weighted by Crippen LogP contribution is 2.28. The summed E-state index contributed by atoms with van der Waals surface area (Å²) in [5.74, 6) is 0.856. The van der Waals surface area contributed by atoms with Gasteiger partial charge < -0.3 is 14.8 Å².